The number of carboxylic acids is 1. The van der Waals surface area contributed by atoms with Crippen molar-refractivity contribution in [2.45, 2.75) is 0 Å². The van der Waals surface area contributed by atoms with Crippen molar-refractivity contribution in [3.8, 4) is 0 Å². The highest BCUT2D eigenvalue weighted by Gasteiger charge is 2.13. The van der Waals surface area contributed by atoms with E-state index in [0.717, 1.165) is 6.07 Å². The number of carbonyl (C=O) groups excluding carboxylic acids is 1. The molecule has 1 amide bonds. The minimum atomic E-state index is -1.06. The number of nitrogens with zero attached hydrogens (tertiary/aromatic N) is 1. The second-order valence-electron chi connectivity index (χ2n) is 3.67. The van der Waals surface area contributed by atoms with Crippen LogP contribution in [0, 0.1) is 5.82 Å². The number of rotatable bonds is 3. The van der Waals surface area contributed by atoms with Gasteiger partial charge in [-0.25, -0.2) is 14.2 Å². The molecule has 0 unspecified atom stereocenters. The average Bonchev–Trinajstić information content (AvgIpc) is 2.39. The molecule has 5 nitrogen and oxygen atoms in total. The molecule has 1 heterocycles. The molecule has 2 N–H and O–H groups in total. The third-order valence-electron chi connectivity index (χ3n) is 2.36. The van der Waals surface area contributed by atoms with E-state index in [0.29, 0.717) is 5.69 Å². The lowest BCUT2D eigenvalue weighted by Crippen LogP contribution is -2.15. The van der Waals surface area contributed by atoms with E-state index >= 15 is 0 Å². The molecule has 0 aliphatic heterocycles. The van der Waals surface area contributed by atoms with Crippen LogP contribution in [0.15, 0.2) is 42.6 Å². The molecule has 19 heavy (non-hydrogen) atoms. The fraction of sp³-hybridized carbons (Fsp3) is 0. The van der Waals surface area contributed by atoms with Crippen molar-refractivity contribution in [2.24, 2.45) is 0 Å². The van der Waals surface area contributed by atoms with E-state index in [1.54, 1.807) is 0 Å². The summed E-state index contributed by atoms with van der Waals surface area (Å²) in [6.07, 6.45) is 1.31. The first-order chi connectivity index (χ1) is 9.08. The first-order valence-electron chi connectivity index (χ1n) is 5.33. The molecule has 0 aliphatic carbocycles. The molecule has 0 spiro atoms. The van der Waals surface area contributed by atoms with E-state index in [1.807, 2.05) is 0 Å². The van der Waals surface area contributed by atoms with Gasteiger partial charge in [0.15, 0.2) is 11.5 Å². The summed E-state index contributed by atoms with van der Waals surface area (Å²) in [4.78, 5) is 26.0. The van der Waals surface area contributed by atoms with Crippen LogP contribution in [0.25, 0.3) is 0 Å². The number of hydrogen-bond acceptors (Lipinski definition) is 3. The predicted molar refractivity (Wildman–Crippen MR) is 65.5 cm³/mol. The van der Waals surface area contributed by atoms with Gasteiger partial charge in [0.2, 0.25) is 0 Å². The van der Waals surface area contributed by atoms with Crippen molar-refractivity contribution >= 4 is 17.6 Å². The van der Waals surface area contributed by atoms with Gasteiger partial charge in [-0.1, -0.05) is 0 Å². The van der Waals surface area contributed by atoms with Gasteiger partial charge in [0, 0.05) is 11.9 Å². The van der Waals surface area contributed by atoms with Gasteiger partial charge < -0.3 is 10.4 Å². The summed E-state index contributed by atoms with van der Waals surface area (Å²) in [5.74, 6) is -2.48. The van der Waals surface area contributed by atoms with Crippen LogP contribution in [0.4, 0.5) is 10.1 Å². The third-order valence-corrected chi connectivity index (χ3v) is 2.36. The minimum Gasteiger partial charge on any atom is -0.478 e. The van der Waals surface area contributed by atoms with E-state index in [9.17, 15) is 14.0 Å². The summed E-state index contributed by atoms with van der Waals surface area (Å²) in [5, 5.41) is 11.2. The van der Waals surface area contributed by atoms with E-state index in [4.69, 9.17) is 5.11 Å². The number of aromatic nitrogens is 1. The molecule has 0 bridgehead atoms. The molecule has 0 atom stereocenters. The van der Waals surface area contributed by atoms with Crippen LogP contribution in [0.1, 0.15) is 20.8 Å². The smallest absolute Gasteiger partial charge is 0.335 e. The molecule has 2 rings (SSSR count). The quantitative estimate of drug-likeness (QED) is 0.886. The number of benzene rings is 1. The number of carbonyl (C=O) groups is 2. The Hall–Kier alpha value is -2.76. The molecule has 6 heteroatoms. The number of anilines is 1. The normalized spacial score (nSPS) is 9.95. The van der Waals surface area contributed by atoms with Crippen molar-refractivity contribution in [3.05, 3.63) is 59.7 Å². The van der Waals surface area contributed by atoms with Gasteiger partial charge >= 0.3 is 5.97 Å². The Bertz CT molecular complexity index is 626. The monoisotopic (exact) mass is 260 g/mol. The molecular formula is C13H9FN2O3. The summed E-state index contributed by atoms with van der Waals surface area (Å²) < 4.78 is 13.3. The maximum absolute atomic E-state index is 13.3. The molecule has 0 saturated heterocycles. The van der Waals surface area contributed by atoms with Gasteiger partial charge in [0.25, 0.3) is 5.91 Å². The number of carboxylic acid groups (broad SMARTS) is 1. The Morgan fingerprint density at radius 1 is 1.16 bits per heavy atom. The molecule has 0 saturated carbocycles. The Balaban J connectivity index is 2.15. The molecule has 96 valence electrons. The number of amides is 1. The van der Waals surface area contributed by atoms with Gasteiger partial charge in [0.05, 0.1) is 5.56 Å². The van der Waals surface area contributed by atoms with Gasteiger partial charge in [-0.3, -0.25) is 4.79 Å². The zero-order chi connectivity index (χ0) is 13.8. The lowest BCUT2D eigenvalue weighted by atomic mass is 10.2. The number of nitrogens with one attached hydrogen (secondary N) is 1. The fourth-order valence-electron chi connectivity index (χ4n) is 1.44. The Morgan fingerprint density at radius 3 is 2.42 bits per heavy atom. The molecule has 1 aromatic carbocycles. The van der Waals surface area contributed by atoms with Crippen molar-refractivity contribution in [1.82, 2.24) is 4.98 Å². The van der Waals surface area contributed by atoms with Gasteiger partial charge in [-0.15, -0.1) is 0 Å². The SMILES string of the molecule is O=C(O)c1ccc(NC(=O)c2ncccc2F)cc1. The number of aromatic carboxylic acids is 1. The summed E-state index contributed by atoms with van der Waals surface area (Å²) in [6, 6.07) is 8.03. The van der Waals surface area contributed by atoms with Crippen LogP contribution in [0.5, 0.6) is 0 Å². The third kappa shape index (κ3) is 2.92. The molecular weight excluding hydrogens is 251 g/mol. The predicted octanol–water partition coefficient (Wildman–Crippen LogP) is 2.17. The Kier molecular flexibility index (Phi) is 3.51. The highest BCUT2D eigenvalue weighted by Crippen LogP contribution is 2.12. The van der Waals surface area contributed by atoms with Crippen LogP contribution in [0.2, 0.25) is 0 Å². The summed E-state index contributed by atoms with van der Waals surface area (Å²) in [7, 11) is 0. The zero-order valence-electron chi connectivity index (χ0n) is 9.63. The fourth-order valence-corrected chi connectivity index (χ4v) is 1.44. The highest BCUT2D eigenvalue weighted by atomic mass is 19.1. The molecule has 0 aliphatic rings. The second-order valence-corrected chi connectivity index (χ2v) is 3.67. The first-order valence-corrected chi connectivity index (χ1v) is 5.33. The lowest BCUT2D eigenvalue weighted by molar-refractivity contribution is 0.0696. The van der Waals surface area contributed by atoms with E-state index in [1.165, 1.54) is 36.5 Å². The summed E-state index contributed by atoms with van der Waals surface area (Å²) in [5.41, 5.74) is 0.145. The lowest BCUT2D eigenvalue weighted by Gasteiger charge is -2.05. The number of pyridine rings is 1. The zero-order valence-corrected chi connectivity index (χ0v) is 9.63. The topological polar surface area (TPSA) is 79.3 Å². The minimum absolute atomic E-state index is 0.0991. The van der Waals surface area contributed by atoms with Gasteiger partial charge in [-0.05, 0) is 36.4 Å². The number of hydrogen-bond donors (Lipinski definition) is 2. The first kappa shape index (κ1) is 12.7. The van der Waals surface area contributed by atoms with Crippen molar-refractivity contribution in [2.75, 3.05) is 5.32 Å². The number of halogens is 1. The molecule has 0 radical (unpaired) electrons. The molecule has 2 aromatic rings. The average molecular weight is 260 g/mol. The van der Waals surface area contributed by atoms with Crippen LogP contribution >= 0.6 is 0 Å². The highest BCUT2D eigenvalue weighted by molar-refractivity contribution is 6.03. The standard InChI is InChI=1S/C13H9FN2O3/c14-10-2-1-7-15-11(10)12(17)16-9-5-3-8(4-6-9)13(18)19/h1-7H,(H,16,17)(H,18,19). The van der Waals surface area contributed by atoms with E-state index in [-0.39, 0.29) is 11.3 Å². The summed E-state index contributed by atoms with van der Waals surface area (Å²) in [6.45, 7) is 0. The van der Waals surface area contributed by atoms with Crippen molar-refractivity contribution in [3.63, 3.8) is 0 Å². The van der Waals surface area contributed by atoms with Crippen molar-refractivity contribution < 1.29 is 19.1 Å². The Labute approximate surface area is 107 Å². The van der Waals surface area contributed by atoms with Gasteiger partial charge in [-0.2, -0.15) is 0 Å². The molecule has 1 aromatic heterocycles. The molecule has 0 fully saturated rings. The summed E-state index contributed by atoms with van der Waals surface area (Å²) >= 11 is 0. The maximum Gasteiger partial charge on any atom is 0.335 e. The van der Waals surface area contributed by atoms with Crippen LogP contribution < -0.4 is 5.32 Å². The largest absolute Gasteiger partial charge is 0.478 e. The van der Waals surface area contributed by atoms with Crippen LogP contribution in [-0.4, -0.2) is 22.0 Å². The van der Waals surface area contributed by atoms with Gasteiger partial charge in [0.1, 0.15) is 0 Å². The van der Waals surface area contributed by atoms with Crippen molar-refractivity contribution in [1.29, 1.82) is 0 Å². The Morgan fingerprint density at radius 2 is 1.84 bits per heavy atom. The van der Waals surface area contributed by atoms with Crippen LogP contribution in [0.3, 0.4) is 0 Å². The van der Waals surface area contributed by atoms with E-state index in [2.05, 4.69) is 10.3 Å². The second kappa shape index (κ2) is 5.26. The van der Waals surface area contributed by atoms with Crippen LogP contribution in [-0.2, 0) is 0 Å². The van der Waals surface area contributed by atoms with E-state index < -0.39 is 17.7 Å². The maximum atomic E-state index is 13.3.